The first-order chi connectivity index (χ1) is 18.6. The van der Waals surface area contributed by atoms with Gasteiger partial charge >= 0.3 is 12.0 Å². The summed E-state index contributed by atoms with van der Waals surface area (Å²) >= 11 is 3.42. The van der Waals surface area contributed by atoms with Crippen LogP contribution in [0.2, 0.25) is 0 Å². The van der Waals surface area contributed by atoms with Crippen LogP contribution in [0.25, 0.3) is 0 Å². The highest BCUT2D eigenvalue weighted by Gasteiger charge is 2.54. The highest BCUT2D eigenvalue weighted by Crippen LogP contribution is 2.41. The lowest BCUT2D eigenvalue weighted by Crippen LogP contribution is -2.71. The van der Waals surface area contributed by atoms with Gasteiger partial charge in [0, 0.05) is 28.5 Å². The van der Waals surface area contributed by atoms with Crippen molar-refractivity contribution in [2.75, 3.05) is 18.1 Å². The number of nitrogens with zero attached hydrogens (tertiary/aromatic N) is 2. The number of carbonyl (C=O) groups is 5. The minimum absolute atomic E-state index is 0.0707. The predicted molar refractivity (Wildman–Crippen MR) is 139 cm³/mol. The second-order valence-electron chi connectivity index (χ2n) is 8.13. The SMILES string of the molecule is NC(=O)CNC(=O)NC(C(=O)N[C@H]1C(=O)N2C(C(=O)O)=C(CSc3ccc(=O)[nH][n+]3[O-])CSC12)c1cccs1. The van der Waals surface area contributed by atoms with Crippen molar-refractivity contribution >= 4 is 64.6 Å². The highest BCUT2D eigenvalue weighted by atomic mass is 32.2. The third-order valence-electron chi connectivity index (χ3n) is 5.52. The molecule has 0 aliphatic carbocycles. The Morgan fingerprint density at radius 2 is 2.05 bits per heavy atom. The molecule has 0 radical (unpaired) electrons. The molecule has 39 heavy (non-hydrogen) atoms. The number of hydrogen-bond donors (Lipinski definition) is 6. The normalized spacial score (nSPS) is 19.0. The molecule has 0 spiro atoms. The van der Waals surface area contributed by atoms with Gasteiger partial charge in [-0.3, -0.25) is 24.1 Å². The van der Waals surface area contributed by atoms with Crippen molar-refractivity contribution in [2.45, 2.75) is 22.5 Å². The van der Waals surface area contributed by atoms with Crippen LogP contribution in [-0.4, -0.2) is 74.3 Å². The number of primary amides is 1. The fraction of sp³-hybridized carbons (Fsp3) is 0.286. The molecule has 3 atom stereocenters. The van der Waals surface area contributed by atoms with Crippen molar-refractivity contribution in [3.05, 3.63) is 61.4 Å². The van der Waals surface area contributed by atoms with Gasteiger partial charge in [-0.15, -0.1) is 28.2 Å². The number of urea groups is 1. The molecule has 18 heteroatoms. The summed E-state index contributed by atoms with van der Waals surface area (Å²) in [6, 6.07) is 2.69. The number of H-pyrrole nitrogens is 1. The van der Waals surface area contributed by atoms with Crippen molar-refractivity contribution < 1.29 is 33.9 Å². The van der Waals surface area contributed by atoms with Gasteiger partial charge in [-0.1, -0.05) is 10.9 Å². The Bertz CT molecular complexity index is 1410. The molecule has 4 rings (SSSR count). The molecule has 0 bridgehead atoms. The number of rotatable bonds is 10. The summed E-state index contributed by atoms with van der Waals surface area (Å²) < 4.78 is 0. The van der Waals surface area contributed by atoms with Gasteiger partial charge in [-0.25, -0.2) is 9.59 Å². The smallest absolute Gasteiger partial charge is 0.352 e. The van der Waals surface area contributed by atoms with E-state index in [2.05, 4.69) is 21.0 Å². The molecule has 206 valence electrons. The minimum Gasteiger partial charge on any atom is -0.595 e. The van der Waals surface area contributed by atoms with Crippen molar-refractivity contribution in [3.63, 3.8) is 0 Å². The average Bonchev–Trinajstić information content (AvgIpc) is 3.42. The molecule has 0 saturated carbocycles. The zero-order valence-corrected chi connectivity index (χ0v) is 22.2. The molecule has 1 fully saturated rings. The quantitative estimate of drug-likeness (QED) is 0.0799. The van der Waals surface area contributed by atoms with Crippen LogP contribution in [0.15, 0.2) is 50.7 Å². The van der Waals surface area contributed by atoms with Gasteiger partial charge in [0.15, 0.2) is 0 Å². The van der Waals surface area contributed by atoms with Crippen LogP contribution in [0.5, 0.6) is 0 Å². The second kappa shape index (κ2) is 11.8. The lowest BCUT2D eigenvalue weighted by Gasteiger charge is -2.49. The summed E-state index contributed by atoms with van der Waals surface area (Å²) in [4.78, 5) is 74.4. The molecule has 15 nitrogen and oxygen atoms in total. The Morgan fingerprint density at radius 3 is 2.69 bits per heavy atom. The molecular formula is C21H21N7O8S3. The number of nitrogens with two attached hydrogens (primary N) is 1. The predicted octanol–water partition coefficient (Wildman–Crippen LogP) is -1.57. The van der Waals surface area contributed by atoms with E-state index in [4.69, 9.17) is 5.73 Å². The number of aliphatic carboxylic acids is 1. The van der Waals surface area contributed by atoms with Gasteiger partial charge in [0.05, 0.1) is 6.54 Å². The average molecular weight is 596 g/mol. The standard InChI is InChI=1S/C21H21N7O8S3/c22-11(29)6-23-21(35)25-14(10-2-1-5-37-10)17(31)24-15-18(32)27-16(20(33)34)9(8-39-19(15)27)7-38-13-4-3-12(30)26-28(13)36/h1-5,14-15,19H,6-8H2,(H2,22,29)(H,24,31)(H,26,30)(H,33,34)(H2,23,25,35)/t14?,15-,19?/m0/s1. The van der Waals surface area contributed by atoms with E-state index in [1.54, 1.807) is 17.5 Å². The first kappa shape index (κ1) is 28.0. The van der Waals surface area contributed by atoms with E-state index in [9.17, 15) is 39.1 Å². The molecule has 2 aliphatic heterocycles. The number of carbonyl (C=O) groups excluding carboxylic acids is 4. The van der Waals surface area contributed by atoms with E-state index in [1.807, 2.05) is 0 Å². The lowest BCUT2D eigenvalue weighted by molar-refractivity contribution is -0.707. The number of aromatic nitrogens is 2. The van der Waals surface area contributed by atoms with E-state index >= 15 is 0 Å². The first-order valence-electron chi connectivity index (χ1n) is 11.1. The fourth-order valence-corrected chi connectivity index (χ4v) is 6.91. The maximum Gasteiger partial charge on any atom is 0.352 e. The summed E-state index contributed by atoms with van der Waals surface area (Å²) in [6.45, 7) is -0.443. The van der Waals surface area contributed by atoms with E-state index in [0.29, 0.717) is 10.5 Å². The monoisotopic (exact) mass is 595 g/mol. The summed E-state index contributed by atoms with van der Waals surface area (Å²) in [5, 5.41) is 32.2. The molecule has 0 aromatic carbocycles. The number of β-lactam (4-membered cyclic amide) rings is 1. The molecule has 2 aromatic rings. The van der Waals surface area contributed by atoms with E-state index in [0.717, 1.165) is 16.7 Å². The summed E-state index contributed by atoms with van der Waals surface area (Å²) in [5.41, 5.74) is 4.59. The van der Waals surface area contributed by atoms with Gasteiger partial charge in [0.2, 0.25) is 11.8 Å². The molecule has 2 aromatic heterocycles. The van der Waals surface area contributed by atoms with E-state index in [-0.39, 0.29) is 27.1 Å². The van der Waals surface area contributed by atoms with E-state index in [1.165, 1.54) is 35.2 Å². The van der Waals surface area contributed by atoms with Gasteiger partial charge in [0.25, 0.3) is 16.5 Å². The number of carboxylic acids is 1. The zero-order valence-electron chi connectivity index (χ0n) is 19.7. The van der Waals surface area contributed by atoms with Crippen LogP contribution >= 0.6 is 34.9 Å². The van der Waals surface area contributed by atoms with Crippen molar-refractivity contribution in [1.82, 2.24) is 25.9 Å². The second-order valence-corrected chi connectivity index (χ2v) is 11.2. The van der Waals surface area contributed by atoms with Gasteiger partial charge in [-0.05, 0) is 28.8 Å². The number of carboxylic acid groups (broad SMARTS) is 1. The number of fused-ring (bicyclic) bond motifs is 1. The van der Waals surface area contributed by atoms with Crippen molar-refractivity contribution in [1.29, 1.82) is 0 Å². The van der Waals surface area contributed by atoms with Crippen LogP contribution in [-0.2, 0) is 19.2 Å². The maximum atomic E-state index is 13.1. The largest absolute Gasteiger partial charge is 0.595 e. The first-order valence-corrected chi connectivity index (χ1v) is 14.0. The Kier molecular flexibility index (Phi) is 8.46. The summed E-state index contributed by atoms with van der Waals surface area (Å²) in [7, 11) is 0. The number of aromatic amines is 1. The molecule has 5 amide bonds. The Labute approximate surface area is 231 Å². The number of hydrogen-bond acceptors (Lipinski definition) is 10. The maximum absolute atomic E-state index is 13.1. The number of thiophene rings is 1. The fourth-order valence-electron chi connectivity index (χ4n) is 3.78. The van der Waals surface area contributed by atoms with Gasteiger partial charge in [-0.2, -0.15) is 0 Å². The Hall–Kier alpha value is -4.03. The van der Waals surface area contributed by atoms with E-state index < -0.39 is 59.3 Å². The summed E-state index contributed by atoms with van der Waals surface area (Å²) in [5.74, 6) is -3.18. The molecule has 2 aliphatic rings. The van der Waals surface area contributed by atoms with Crippen molar-refractivity contribution in [2.24, 2.45) is 5.73 Å². The molecule has 1 saturated heterocycles. The van der Waals surface area contributed by atoms with Crippen LogP contribution in [0, 0.1) is 5.21 Å². The van der Waals surface area contributed by atoms with Crippen LogP contribution in [0.4, 0.5) is 4.79 Å². The van der Waals surface area contributed by atoms with Crippen LogP contribution < -0.4 is 32.1 Å². The molecule has 2 unspecified atom stereocenters. The Morgan fingerprint density at radius 1 is 1.28 bits per heavy atom. The zero-order chi connectivity index (χ0) is 28.3. The molecular weight excluding hydrogens is 574 g/mol. The van der Waals surface area contributed by atoms with Gasteiger partial charge in [0.1, 0.15) is 23.2 Å². The summed E-state index contributed by atoms with van der Waals surface area (Å²) in [6.07, 6.45) is 0. The number of nitrogens with one attached hydrogen (secondary N) is 4. The van der Waals surface area contributed by atoms with Gasteiger partial charge < -0.3 is 32.0 Å². The third kappa shape index (κ3) is 6.18. The topological polar surface area (TPSA) is 231 Å². The number of thioether (sulfide) groups is 2. The molecule has 4 heterocycles. The number of amides is 5. The van der Waals surface area contributed by atoms with Crippen molar-refractivity contribution in [3.8, 4) is 0 Å². The third-order valence-corrected chi connectivity index (χ3v) is 8.89. The van der Waals surface area contributed by atoms with Crippen LogP contribution in [0.3, 0.4) is 0 Å². The minimum atomic E-state index is -1.34. The van der Waals surface area contributed by atoms with Crippen LogP contribution in [0.1, 0.15) is 10.9 Å². The highest BCUT2D eigenvalue weighted by molar-refractivity contribution is 8.01. The Balaban J connectivity index is 1.46. The lowest BCUT2D eigenvalue weighted by atomic mass is 10.0. The molecule has 7 N–H and O–H groups in total.